The van der Waals surface area contributed by atoms with Crippen molar-refractivity contribution in [1.29, 1.82) is 0 Å². The van der Waals surface area contributed by atoms with Gasteiger partial charge in [0.15, 0.2) is 0 Å². The van der Waals surface area contributed by atoms with Crippen molar-refractivity contribution < 1.29 is 0 Å². The van der Waals surface area contributed by atoms with Crippen LogP contribution < -0.4 is 5.32 Å². The summed E-state index contributed by atoms with van der Waals surface area (Å²) in [5.41, 5.74) is 1.10. The Balaban J connectivity index is 0.00000144. The number of unbranched alkanes of at least 4 members (excludes halogenated alkanes) is 2. The van der Waals surface area contributed by atoms with Crippen molar-refractivity contribution in [3.63, 3.8) is 0 Å². The molecule has 2 rings (SSSR count). The van der Waals surface area contributed by atoms with E-state index >= 15 is 0 Å². The largest absolute Gasteiger partial charge is 0.317 e. The molecule has 1 aliphatic heterocycles. The molecular formula is C12H23ClN4. The number of nitrogens with zero attached hydrogens (tertiary/aromatic N) is 2. The molecule has 4 nitrogen and oxygen atoms in total. The maximum absolute atomic E-state index is 4.06. The normalized spacial score (nSPS) is 16.7. The summed E-state index contributed by atoms with van der Waals surface area (Å²) in [7, 11) is 0. The minimum absolute atomic E-state index is 0. The molecule has 98 valence electrons. The Kier molecular flexibility index (Phi) is 7.21. The minimum Gasteiger partial charge on any atom is -0.317 e. The lowest BCUT2D eigenvalue weighted by atomic mass is 9.92. The number of piperidine rings is 1. The van der Waals surface area contributed by atoms with Crippen LogP contribution in [0, 0.1) is 5.92 Å². The highest BCUT2D eigenvalue weighted by Gasteiger charge is 2.11. The van der Waals surface area contributed by atoms with Gasteiger partial charge < -0.3 is 5.32 Å². The smallest absolute Gasteiger partial charge is 0.0824 e. The Morgan fingerprint density at radius 3 is 2.71 bits per heavy atom. The molecule has 1 fully saturated rings. The van der Waals surface area contributed by atoms with Crippen molar-refractivity contribution in [3.8, 4) is 0 Å². The van der Waals surface area contributed by atoms with E-state index in [-0.39, 0.29) is 12.4 Å². The number of rotatable bonds is 6. The molecular weight excluding hydrogens is 236 g/mol. The first-order valence-electron chi connectivity index (χ1n) is 6.50. The molecule has 0 saturated carbocycles. The van der Waals surface area contributed by atoms with Crippen LogP contribution in [-0.4, -0.2) is 28.5 Å². The third-order valence-corrected chi connectivity index (χ3v) is 3.47. The Morgan fingerprint density at radius 1 is 1.18 bits per heavy atom. The summed E-state index contributed by atoms with van der Waals surface area (Å²) in [5, 5.41) is 13.9. The molecule has 2 N–H and O–H groups in total. The number of aryl methyl sites for hydroxylation is 1. The SMILES string of the molecule is Cl.c1n[nH]nc1CCCCCC1CCNCC1. The van der Waals surface area contributed by atoms with E-state index < -0.39 is 0 Å². The van der Waals surface area contributed by atoms with Gasteiger partial charge in [-0.2, -0.15) is 15.4 Å². The van der Waals surface area contributed by atoms with Crippen LogP contribution in [0.2, 0.25) is 0 Å². The van der Waals surface area contributed by atoms with Gasteiger partial charge in [-0.25, -0.2) is 0 Å². The van der Waals surface area contributed by atoms with Gasteiger partial charge in [0.2, 0.25) is 0 Å². The number of nitrogens with one attached hydrogen (secondary N) is 2. The summed E-state index contributed by atoms with van der Waals surface area (Å²) in [6.45, 7) is 2.45. The van der Waals surface area contributed by atoms with Crippen LogP contribution in [0.25, 0.3) is 0 Å². The number of hydrogen-bond acceptors (Lipinski definition) is 3. The zero-order valence-corrected chi connectivity index (χ0v) is 11.1. The van der Waals surface area contributed by atoms with Crippen LogP contribution >= 0.6 is 12.4 Å². The third kappa shape index (κ3) is 5.50. The Hall–Kier alpha value is -0.610. The summed E-state index contributed by atoms with van der Waals surface area (Å²) in [4.78, 5) is 0. The second-order valence-corrected chi connectivity index (χ2v) is 4.75. The maximum Gasteiger partial charge on any atom is 0.0824 e. The number of halogens is 1. The van der Waals surface area contributed by atoms with Gasteiger partial charge in [0.05, 0.1) is 11.9 Å². The third-order valence-electron chi connectivity index (χ3n) is 3.47. The molecule has 17 heavy (non-hydrogen) atoms. The van der Waals surface area contributed by atoms with E-state index in [1.54, 1.807) is 0 Å². The molecule has 5 heteroatoms. The van der Waals surface area contributed by atoms with Crippen molar-refractivity contribution in [2.45, 2.75) is 44.9 Å². The highest BCUT2D eigenvalue weighted by atomic mass is 35.5. The summed E-state index contributed by atoms with van der Waals surface area (Å²) in [5.74, 6) is 0.980. The van der Waals surface area contributed by atoms with Gasteiger partial charge in [-0.3, -0.25) is 0 Å². The topological polar surface area (TPSA) is 53.6 Å². The summed E-state index contributed by atoms with van der Waals surface area (Å²) >= 11 is 0. The van der Waals surface area contributed by atoms with E-state index in [0.717, 1.165) is 18.0 Å². The van der Waals surface area contributed by atoms with Crippen LogP contribution in [0.1, 0.15) is 44.2 Å². The van der Waals surface area contributed by atoms with Crippen molar-refractivity contribution in [3.05, 3.63) is 11.9 Å². The van der Waals surface area contributed by atoms with Crippen molar-refractivity contribution in [1.82, 2.24) is 20.7 Å². The standard InChI is InChI=1S/C12H22N4.ClH/c1(3-5-12-10-14-16-15-12)2-4-11-6-8-13-9-7-11;/h10-11,13H,1-9H2,(H,14,15,16);1H. The molecule has 0 amide bonds. The average Bonchev–Trinajstić information content (AvgIpc) is 2.83. The van der Waals surface area contributed by atoms with Crippen LogP contribution in [0.3, 0.4) is 0 Å². The average molecular weight is 259 g/mol. The number of aromatic amines is 1. The molecule has 1 aromatic rings. The van der Waals surface area contributed by atoms with E-state index in [4.69, 9.17) is 0 Å². The Labute approximate surface area is 109 Å². The van der Waals surface area contributed by atoms with E-state index in [0.29, 0.717) is 0 Å². The van der Waals surface area contributed by atoms with E-state index in [1.807, 2.05) is 6.20 Å². The fourth-order valence-electron chi connectivity index (χ4n) is 2.43. The first-order chi connectivity index (χ1) is 7.95. The second-order valence-electron chi connectivity index (χ2n) is 4.75. The molecule has 0 aromatic carbocycles. The number of H-pyrrole nitrogens is 1. The number of hydrogen-bond donors (Lipinski definition) is 2. The fraction of sp³-hybridized carbons (Fsp3) is 0.833. The lowest BCUT2D eigenvalue weighted by molar-refractivity contribution is 0.343. The van der Waals surface area contributed by atoms with Gasteiger partial charge >= 0.3 is 0 Å². The minimum atomic E-state index is 0. The monoisotopic (exact) mass is 258 g/mol. The quantitative estimate of drug-likeness (QED) is 0.770. The zero-order chi connectivity index (χ0) is 11.1. The van der Waals surface area contributed by atoms with Crippen LogP contribution in [0.15, 0.2) is 6.20 Å². The predicted molar refractivity (Wildman–Crippen MR) is 71.4 cm³/mol. The highest BCUT2D eigenvalue weighted by Crippen LogP contribution is 2.19. The van der Waals surface area contributed by atoms with Crippen LogP contribution in [0.5, 0.6) is 0 Å². The molecule has 2 heterocycles. The van der Waals surface area contributed by atoms with Gasteiger partial charge in [0.1, 0.15) is 0 Å². The first-order valence-corrected chi connectivity index (χ1v) is 6.50. The summed E-state index contributed by atoms with van der Waals surface area (Å²) in [6.07, 6.45) is 11.0. The molecule has 0 unspecified atom stereocenters. The van der Waals surface area contributed by atoms with Gasteiger partial charge in [0.25, 0.3) is 0 Å². The highest BCUT2D eigenvalue weighted by molar-refractivity contribution is 5.85. The molecule has 0 bridgehead atoms. The second kappa shape index (κ2) is 8.48. The van der Waals surface area contributed by atoms with E-state index in [1.165, 1.54) is 51.6 Å². The van der Waals surface area contributed by atoms with Gasteiger partial charge in [-0.05, 0) is 44.7 Å². The van der Waals surface area contributed by atoms with E-state index in [2.05, 4.69) is 20.7 Å². The van der Waals surface area contributed by atoms with Crippen LogP contribution in [0.4, 0.5) is 0 Å². The molecule has 0 spiro atoms. The number of aromatic nitrogens is 3. The molecule has 0 radical (unpaired) electrons. The lowest BCUT2D eigenvalue weighted by Gasteiger charge is -2.22. The zero-order valence-electron chi connectivity index (χ0n) is 10.3. The molecule has 0 aliphatic carbocycles. The van der Waals surface area contributed by atoms with Crippen molar-refractivity contribution in [2.24, 2.45) is 5.92 Å². The van der Waals surface area contributed by atoms with Gasteiger partial charge in [-0.15, -0.1) is 12.4 Å². The summed E-state index contributed by atoms with van der Waals surface area (Å²) < 4.78 is 0. The van der Waals surface area contributed by atoms with Crippen molar-refractivity contribution in [2.75, 3.05) is 13.1 Å². The van der Waals surface area contributed by atoms with Crippen molar-refractivity contribution >= 4 is 12.4 Å². The molecule has 1 aliphatic rings. The van der Waals surface area contributed by atoms with E-state index in [9.17, 15) is 0 Å². The van der Waals surface area contributed by atoms with Crippen LogP contribution in [-0.2, 0) is 6.42 Å². The molecule has 0 atom stereocenters. The lowest BCUT2D eigenvalue weighted by Crippen LogP contribution is -2.27. The fourth-order valence-corrected chi connectivity index (χ4v) is 2.43. The van der Waals surface area contributed by atoms with Gasteiger partial charge in [0, 0.05) is 0 Å². The Bertz CT molecular complexity index is 270. The molecule has 1 aromatic heterocycles. The van der Waals surface area contributed by atoms with Gasteiger partial charge in [-0.1, -0.05) is 19.3 Å². The Morgan fingerprint density at radius 2 is 2.00 bits per heavy atom. The maximum atomic E-state index is 4.06. The molecule has 1 saturated heterocycles. The first kappa shape index (κ1) is 14.5. The predicted octanol–water partition coefficient (Wildman–Crippen LogP) is 2.33. The summed E-state index contributed by atoms with van der Waals surface area (Å²) in [6, 6.07) is 0.